The summed E-state index contributed by atoms with van der Waals surface area (Å²) >= 11 is 1.06. The predicted molar refractivity (Wildman–Crippen MR) is 77.0 cm³/mol. The molecule has 0 aliphatic carbocycles. The zero-order valence-corrected chi connectivity index (χ0v) is 12.1. The second-order valence-corrected chi connectivity index (χ2v) is 6.11. The van der Waals surface area contributed by atoms with Crippen LogP contribution in [0.5, 0.6) is 0 Å². The number of benzene rings is 1. The van der Waals surface area contributed by atoms with Crippen LogP contribution < -0.4 is 5.32 Å². The van der Waals surface area contributed by atoms with Crippen LogP contribution in [-0.2, 0) is 6.54 Å². The Morgan fingerprint density at radius 3 is 2.67 bits per heavy atom. The number of aromatic carboxylic acids is 1. The van der Waals surface area contributed by atoms with Crippen molar-refractivity contribution in [3.63, 3.8) is 0 Å². The van der Waals surface area contributed by atoms with Crippen molar-refractivity contribution in [2.24, 2.45) is 0 Å². The number of nitrogens with one attached hydrogen (secondary N) is 1. The van der Waals surface area contributed by atoms with E-state index < -0.39 is 11.5 Å². The molecule has 21 heavy (non-hydrogen) atoms. The zero-order chi connectivity index (χ0) is 15.5. The molecule has 0 atom stereocenters. The minimum atomic E-state index is -4.35. The van der Waals surface area contributed by atoms with Crippen molar-refractivity contribution in [1.29, 1.82) is 0 Å². The molecule has 0 amide bonds. The molecule has 1 heterocycles. The molecule has 0 radical (unpaired) electrons. The fraction of sp³-hybridized carbons (Fsp3) is 0.154. The van der Waals surface area contributed by atoms with Gasteiger partial charge in [0.25, 0.3) is 0 Å². The van der Waals surface area contributed by atoms with Crippen molar-refractivity contribution in [1.82, 2.24) is 0 Å². The van der Waals surface area contributed by atoms with Gasteiger partial charge in [0.05, 0.1) is 5.56 Å². The lowest BCUT2D eigenvalue weighted by molar-refractivity contribution is -0.0328. The third-order valence-electron chi connectivity index (χ3n) is 2.47. The van der Waals surface area contributed by atoms with Crippen LogP contribution in [0.3, 0.4) is 0 Å². The van der Waals surface area contributed by atoms with E-state index in [4.69, 9.17) is 5.11 Å². The van der Waals surface area contributed by atoms with E-state index in [1.54, 1.807) is 12.1 Å². The average molecular weight is 333 g/mol. The van der Waals surface area contributed by atoms with E-state index in [2.05, 4.69) is 5.32 Å². The highest BCUT2D eigenvalue weighted by molar-refractivity contribution is 8.00. The number of anilines is 1. The molecule has 1 aromatic carbocycles. The SMILES string of the molecule is O=C(O)c1csc(CNc2ccccc2SC(F)(F)F)c1. The van der Waals surface area contributed by atoms with Crippen molar-refractivity contribution in [2.45, 2.75) is 16.9 Å². The van der Waals surface area contributed by atoms with E-state index in [0.29, 0.717) is 5.69 Å². The lowest BCUT2D eigenvalue weighted by Crippen LogP contribution is -2.03. The molecule has 0 spiro atoms. The molecule has 2 rings (SSSR count). The summed E-state index contributed by atoms with van der Waals surface area (Å²) in [5, 5.41) is 13.2. The number of rotatable bonds is 5. The zero-order valence-electron chi connectivity index (χ0n) is 10.5. The Bertz CT molecular complexity index is 640. The molecule has 0 bridgehead atoms. The Balaban J connectivity index is 2.07. The molecule has 1 aromatic heterocycles. The van der Waals surface area contributed by atoms with Crippen LogP contribution in [0.1, 0.15) is 15.2 Å². The van der Waals surface area contributed by atoms with Gasteiger partial charge in [-0.15, -0.1) is 11.3 Å². The van der Waals surface area contributed by atoms with E-state index >= 15 is 0 Å². The molecule has 2 N–H and O–H groups in total. The Morgan fingerprint density at radius 2 is 2.05 bits per heavy atom. The normalized spacial score (nSPS) is 11.4. The lowest BCUT2D eigenvalue weighted by Gasteiger charge is -2.12. The van der Waals surface area contributed by atoms with Crippen molar-refractivity contribution < 1.29 is 23.1 Å². The number of hydrogen-bond donors (Lipinski definition) is 2. The highest BCUT2D eigenvalue weighted by atomic mass is 32.2. The fourth-order valence-electron chi connectivity index (χ4n) is 1.59. The lowest BCUT2D eigenvalue weighted by atomic mass is 10.3. The topological polar surface area (TPSA) is 49.3 Å². The first-order chi connectivity index (χ1) is 9.85. The van der Waals surface area contributed by atoms with E-state index in [-0.39, 0.29) is 28.8 Å². The minimum absolute atomic E-state index is 0.0833. The first kappa shape index (κ1) is 15.7. The molecule has 112 valence electrons. The molecule has 0 fully saturated rings. The Labute approximate surface area is 126 Å². The van der Waals surface area contributed by atoms with Gasteiger partial charge in [-0.05, 0) is 30.0 Å². The van der Waals surface area contributed by atoms with Gasteiger partial charge in [0.2, 0.25) is 0 Å². The average Bonchev–Trinajstić information content (AvgIpc) is 2.85. The molecule has 0 unspecified atom stereocenters. The number of thioether (sulfide) groups is 1. The second-order valence-electron chi connectivity index (χ2n) is 4.00. The number of carboxylic acid groups (broad SMARTS) is 1. The van der Waals surface area contributed by atoms with Gasteiger partial charge in [0.1, 0.15) is 0 Å². The summed E-state index contributed by atoms with van der Waals surface area (Å²) in [6.45, 7) is 0.271. The summed E-state index contributed by atoms with van der Waals surface area (Å²) in [6, 6.07) is 7.61. The van der Waals surface area contributed by atoms with Gasteiger partial charge in [-0.25, -0.2) is 4.79 Å². The van der Waals surface area contributed by atoms with E-state index in [9.17, 15) is 18.0 Å². The maximum atomic E-state index is 12.4. The fourth-order valence-corrected chi connectivity index (χ4v) is 3.04. The van der Waals surface area contributed by atoms with Crippen molar-refractivity contribution >= 4 is 34.8 Å². The molecule has 0 saturated heterocycles. The largest absolute Gasteiger partial charge is 0.478 e. The van der Waals surface area contributed by atoms with Crippen molar-refractivity contribution in [2.75, 3.05) is 5.32 Å². The van der Waals surface area contributed by atoms with Gasteiger partial charge < -0.3 is 10.4 Å². The molecule has 8 heteroatoms. The number of carbonyl (C=O) groups is 1. The maximum Gasteiger partial charge on any atom is 0.446 e. The Hall–Kier alpha value is -1.67. The Kier molecular flexibility index (Phi) is 4.79. The first-order valence-corrected chi connectivity index (χ1v) is 7.44. The highest BCUT2D eigenvalue weighted by Crippen LogP contribution is 2.40. The van der Waals surface area contributed by atoms with Gasteiger partial charge in [0, 0.05) is 27.4 Å². The number of hydrogen-bond acceptors (Lipinski definition) is 4. The molecule has 2 aromatic rings. The summed E-state index contributed by atoms with van der Waals surface area (Å²) in [4.78, 5) is 11.6. The van der Waals surface area contributed by atoms with Gasteiger partial charge in [-0.1, -0.05) is 12.1 Å². The number of thiophene rings is 1. The number of halogens is 3. The van der Waals surface area contributed by atoms with Gasteiger partial charge in [0.15, 0.2) is 0 Å². The van der Waals surface area contributed by atoms with E-state index in [1.807, 2.05) is 0 Å². The quantitative estimate of drug-likeness (QED) is 0.781. The summed E-state index contributed by atoms with van der Waals surface area (Å²) in [5.74, 6) is -1.02. The van der Waals surface area contributed by atoms with Gasteiger partial charge in [-0.3, -0.25) is 0 Å². The van der Waals surface area contributed by atoms with E-state index in [1.165, 1.54) is 34.9 Å². The number of para-hydroxylation sites is 1. The third-order valence-corrected chi connectivity index (χ3v) is 4.21. The van der Waals surface area contributed by atoms with Crippen LogP contribution in [0.25, 0.3) is 0 Å². The van der Waals surface area contributed by atoms with Gasteiger partial charge in [-0.2, -0.15) is 13.2 Å². The minimum Gasteiger partial charge on any atom is -0.478 e. The van der Waals surface area contributed by atoms with Gasteiger partial charge >= 0.3 is 11.5 Å². The standard InChI is InChI=1S/C13H10F3NO2S2/c14-13(15,16)21-11-4-2-1-3-10(11)17-6-9-5-8(7-20-9)12(18)19/h1-5,7,17H,6H2,(H,18,19). The summed E-state index contributed by atoms with van der Waals surface area (Å²) in [6.07, 6.45) is 0. The summed E-state index contributed by atoms with van der Waals surface area (Å²) < 4.78 is 37.3. The molecule has 3 nitrogen and oxygen atoms in total. The van der Waals surface area contributed by atoms with Crippen LogP contribution >= 0.6 is 23.1 Å². The smallest absolute Gasteiger partial charge is 0.446 e. The molecular weight excluding hydrogens is 323 g/mol. The monoisotopic (exact) mass is 333 g/mol. The molecular formula is C13H10F3NO2S2. The summed E-state index contributed by atoms with van der Waals surface area (Å²) in [7, 11) is 0. The van der Waals surface area contributed by atoms with Crippen LogP contribution in [-0.4, -0.2) is 16.6 Å². The number of alkyl halides is 3. The third kappa shape index (κ3) is 4.68. The highest BCUT2D eigenvalue weighted by Gasteiger charge is 2.30. The summed E-state index contributed by atoms with van der Waals surface area (Å²) in [5.41, 5.74) is -3.81. The molecule has 0 aliphatic heterocycles. The second kappa shape index (κ2) is 6.40. The molecule has 0 aliphatic rings. The van der Waals surface area contributed by atoms with Crippen LogP contribution in [0.15, 0.2) is 40.6 Å². The molecule has 0 saturated carbocycles. The van der Waals surface area contributed by atoms with Crippen LogP contribution in [0.2, 0.25) is 0 Å². The number of carboxylic acids is 1. The predicted octanol–water partition coefficient (Wildman–Crippen LogP) is 4.67. The van der Waals surface area contributed by atoms with Crippen LogP contribution in [0, 0.1) is 0 Å². The van der Waals surface area contributed by atoms with E-state index in [0.717, 1.165) is 4.88 Å². The van der Waals surface area contributed by atoms with Crippen molar-refractivity contribution in [3.05, 3.63) is 46.2 Å². The first-order valence-electron chi connectivity index (χ1n) is 5.74. The Morgan fingerprint density at radius 1 is 1.33 bits per heavy atom. The maximum absolute atomic E-state index is 12.4. The van der Waals surface area contributed by atoms with Crippen LogP contribution in [0.4, 0.5) is 18.9 Å². The van der Waals surface area contributed by atoms with Crippen molar-refractivity contribution in [3.8, 4) is 0 Å².